The topological polar surface area (TPSA) is 82.9 Å². The smallest absolute Gasteiger partial charge is 0.246 e. The predicted molar refractivity (Wildman–Crippen MR) is 91.4 cm³/mol. The van der Waals surface area contributed by atoms with E-state index >= 15 is 0 Å². The zero-order chi connectivity index (χ0) is 18.6. The van der Waals surface area contributed by atoms with Gasteiger partial charge in [-0.25, -0.2) is 0 Å². The van der Waals surface area contributed by atoms with Gasteiger partial charge in [0.15, 0.2) is 11.5 Å². The van der Waals surface area contributed by atoms with Crippen LogP contribution in [0.25, 0.3) is 0 Å². The Kier molecular flexibility index (Phi) is 3.62. The molecule has 7 heteroatoms. The first-order valence-electron chi connectivity index (χ1n) is 8.77. The molecule has 0 aromatic heterocycles. The molecule has 3 aliphatic heterocycles. The Labute approximate surface area is 152 Å². The molecule has 0 radical (unpaired) electrons. The molecule has 136 valence electrons. The van der Waals surface area contributed by atoms with Crippen LogP contribution in [0.1, 0.15) is 31.9 Å². The molecule has 0 aliphatic carbocycles. The van der Waals surface area contributed by atoms with Gasteiger partial charge in [0.1, 0.15) is 25.3 Å². The summed E-state index contributed by atoms with van der Waals surface area (Å²) >= 11 is 0. The number of likely N-dealkylation sites (N-methyl/N-ethyl adjacent to an activating group) is 1. The van der Waals surface area contributed by atoms with Crippen LogP contribution in [0.4, 0.5) is 0 Å². The average molecular weight is 355 g/mol. The van der Waals surface area contributed by atoms with Crippen molar-refractivity contribution in [3.05, 3.63) is 23.8 Å². The van der Waals surface area contributed by atoms with Crippen molar-refractivity contribution >= 4 is 11.8 Å². The van der Waals surface area contributed by atoms with E-state index in [-0.39, 0.29) is 11.8 Å². The van der Waals surface area contributed by atoms with Crippen molar-refractivity contribution in [2.75, 3.05) is 20.3 Å². The lowest BCUT2D eigenvalue weighted by molar-refractivity contribution is -0.159. The van der Waals surface area contributed by atoms with E-state index in [9.17, 15) is 14.9 Å². The number of ether oxygens (including phenoxy) is 2. The minimum absolute atomic E-state index is 0.112. The van der Waals surface area contributed by atoms with Gasteiger partial charge in [-0.3, -0.25) is 9.59 Å². The highest BCUT2D eigenvalue weighted by Crippen LogP contribution is 2.52. The van der Waals surface area contributed by atoms with Gasteiger partial charge in [0.05, 0.1) is 17.5 Å². The van der Waals surface area contributed by atoms with Crippen LogP contribution >= 0.6 is 0 Å². The Morgan fingerprint density at radius 3 is 2.58 bits per heavy atom. The normalized spacial score (nSPS) is 33.1. The fourth-order valence-electron chi connectivity index (χ4n) is 4.26. The fourth-order valence-corrected chi connectivity index (χ4v) is 4.26. The molecule has 2 saturated heterocycles. The number of nitrogens with zero attached hydrogens (tertiary/aromatic N) is 3. The molecule has 0 saturated carbocycles. The Morgan fingerprint density at radius 2 is 1.88 bits per heavy atom. The molecule has 7 nitrogen and oxygen atoms in total. The van der Waals surface area contributed by atoms with E-state index in [1.807, 2.05) is 19.1 Å². The highest BCUT2D eigenvalue weighted by molar-refractivity contribution is 5.97. The molecular formula is C19H21N3O4. The number of carbonyl (C=O) groups is 2. The molecular weight excluding hydrogens is 334 g/mol. The van der Waals surface area contributed by atoms with E-state index in [1.165, 1.54) is 4.90 Å². The van der Waals surface area contributed by atoms with E-state index in [0.717, 1.165) is 5.56 Å². The summed E-state index contributed by atoms with van der Waals surface area (Å²) in [5.41, 5.74) is -0.0660. The van der Waals surface area contributed by atoms with Crippen LogP contribution in [0, 0.1) is 16.7 Å². The third-order valence-corrected chi connectivity index (χ3v) is 5.80. The van der Waals surface area contributed by atoms with Crippen LogP contribution in [0.15, 0.2) is 18.2 Å². The Bertz CT molecular complexity index is 833. The first kappa shape index (κ1) is 16.7. The van der Waals surface area contributed by atoms with Crippen molar-refractivity contribution in [1.29, 1.82) is 5.26 Å². The minimum Gasteiger partial charge on any atom is -0.486 e. The summed E-state index contributed by atoms with van der Waals surface area (Å²) in [5.74, 6) is 1.02. The van der Waals surface area contributed by atoms with E-state index in [1.54, 1.807) is 24.9 Å². The molecule has 2 amide bonds. The molecule has 1 aromatic rings. The number of nitriles is 1. The van der Waals surface area contributed by atoms with E-state index in [2.05, 4.69) is 6.07 Å². The zero-order valence-electron chi connectivity index (χ0n) is 15.1. The van der Waals surface area contributed by atoms with Gasteiger partial charge in [-0.2, -0.15) is 5.26 Å². The van der Waals surface area contributed by atoms with Gasteiger partial charge >= 0.3 is 0 Å². The summed E-state index contributed by atoms with van der Waals surface area (Å²) in [4.78, 5) is 28.9. The first-order chi connectivity index (χ1) is 12.4. The van der Waals surface area contributed by atoms with Crippen LogP contribution in [-0.2, 0) is 9.59 Å². The SMILES string of the molecule is CC1C(=O)N2C(CC(C)(C#N)C2c2ccc3c(c2)OCCO3)C(=O)N1C. The maximum Gasteiger partial charge on any atom is 0.246 e. The van der Waals surface area contributed by atoms with Gasteiger partial charge in [-0.15, -0.1) is 0 Å². The third-order valence-electron chi connectivity index (χ3n) is 5.80. The van der Waals surface area contributed by atoms with Crippen molar-refractivity contribution in [2.45, 2.75) is 38.4 Å². The number of hydrogen-bond acceptors (Lipinski definition) is 5. The lowest BCUT2D eigenvalue weighted by Gasteiger charge is -2.42. The lowest BCUT2D eigenvalue weighted by atomic mass is 9.79. The highest BCUT2D eigenvalue weighted by atomic mass is 16.6. The number of amides is 2. The molecule has 1 aromatic carbocycles. The van der Waals surface area contributed by atoms with Gasteiger partial charge in [0.25, 0.3) is 0 Å². The quantitative estimate of drug-likeness (QED) is 0.762. The summed E-state index contributed by atoms with van der Waals surface area (Å²) in [6, 6.07) is 6.21. The van der Waals surface area contributed by atoms with Gasteiger partial charge in [-0.1, -0.05) is 6.07 Å². The average Bonchev–Trinajstić information content (AvgIpc) is 2.98. The largest absolute Gasteiger partial charge is 0.486 e. The number of rotatable bonds is 1. The zero-order valence-corrected chi connectivity index (χ0v) is 15.1. The van der Waals surface area contributed by atoms with Crippen molar-refractivity contribution in [3.63, 3.8) is 0 Å². The predicted octanol–water partition coefficient (Wildman–Crippen LogP) is 1.49. The monoisotopic (exact) mass is 355 g/mol. The van der Waals surface area contributed by atoms with Crippen LogP contribution in [0.5, 0.6) is 11.5 Å². The second-order valence-corrected chi connectivity index (χ2v) is 7.43. The third kappa shape index (κ3) is 2.18. The molecule has 0 spiro atoms. The molecule has 26 heavy (non-hydrogen) atoms. The summed E-state index contributed by atoms with van der Waals surface area (Å²) in [6.07, 6.45) is 0.324. The Balaban J connectivity index is 1.82. The maximum atomic E-state index is 13.0. The molecule has 4 atom stereocenters. The second kappa shape index (κ2) is 5.63. The van der Waals surface area contributed by atoms with Crippen LogP contribution in [0.3, 0.4) is 0 Å². The molecule has 4 unspecified atom stereocenters. The molecule has 3 heterocycles. The Hall–Kier alpha value is -2.75. The number of hydrogen-bond donors (Lipinski definition) is 0. The second-order valence-electron chi connectivity index (χ2n) is 7.43. The van der Waals surface area contributed by atoms with Crippen molar-refractivity contribution < 1.29 is 19.1 Å². The number of carbonyl (C=O) groups excluding carboxylic acids is 2. The van der Waals surface area contributed by atoms with Crippen molar-refractivity contribution in [2.24, 2.45) is 5.41 Å². The summed E-state index contributed by atoms with van der Waals surface area (Å²) < 4.78 is 11.2. The number of fused-ring (bicyclic) bond motifs is 2. The molecule has 3 aliphatic rings. The van der Waals surface area contributed by atoms with Crippen LogP contribution in [-0.4, -0.2) is 54.0 Å². The lowest BCUT2D eigenvalue weighted by Crippen LogP contribution is -2.60. The van der Waals surface area contributed by atoms with Gasteiger partial charge in [0, 0.05) is 7.05 Å². The summed E-state index contributed by atoms with van der Waals surface area (Å²) in [5, 5.41) is 9.88. The van der Waals surface area contributed by atoms with Gasteiger partial charge in [-0.05, 0) is 38.0 Å². The number of piperazine rings is 1. The summed E-state index contributed by atoms with van der Waals surface area (Å²) in [6.45, 7) is 4.50. The highest BCUT2D eigenvalue weighted by Gasteiger charge is 2.58. The van der Waals surface area contributed by atoms with E-state index in [0.29, 0.717) is 31.1 Å². The Morgan fingerprint density at radius 1 is 1.19 bits per heavy atom. The maximum absolute atomic E-state index is 13.0. The van der Waals surface area contributed by atoms with E-state index < -0.39 is 23.5 Å². The van der Waals surface area contributed by atoms with Crippen molar-refractivity contribution in [1.82, 2.24) is 9.80 Å². The summed E-state index contributed by atoms with van der Waals surface area (Å²) in [7, 11) is 1.64. The molecule has 4 rings (SSSR count). The molecule has 2 fully saturated rings. The van der Waals surface area contributed by atoms with Gasteiger partial charge in [0.2, 0.25) is 11.8 Å². The first-order valence-corrected chi connectivity index (χ1v) is 8.77. The van der Waals surface area contributed by atoms with Crippen LogP contribution in [0.2, 0.25) is 0 Å². The standard InChI is InChI=1S/C19H21N3O4/c1-11-17(23)22-13(18(24)21(11)3)9-19(2,10-20)16(22)12-4-5-14-15(8-12)26-7-6-25-14/h4-5,8,11,13,16H,6-7,9H2,1-3H3. The molecule has 0 bridgehead atoms. The van der Waals surface area contributed by atoms with Crippen molar-refractivity contribution in [3.8, 4) is 17.6 Å². The minimum atomic E-state index is -0.857. The van der Waals surface area contributed by atoms with Crippen LogP contribution < -0.4 is 9.47 Å². The number of benzene rings is 1. The molecule has 0 N–H and O–H groups in total. The van der Waals surface area contributed by atoms with E-state index in [4.69, 9.17) is 9.47 Å². The van der Waals surface area contributed by atoms with Gasteiger partial charge < -0.3 is 19.3 Å². The fraction of sp³-hybridized carbons (Fsp3) is 0.526.